The molecule has 2 aliphatic heterocycles. The van der Waals surface area contributed by atoms with Gasteiger partial charge in [0.1, 0.15) is 0 Å². The van der Waals surface area contributed by atoms with E-state index in [2.05, 4.69) is 24.1 Å². The van der Waals surface area contributed by atoms with Gasteiger partial charge in [0.25, 0.3) is 0 Å². The fourth-order valence-electron chi connectivity index (χ4n) is 3.53. The van der Waals surface area contributed by atoms with E-state index in [9.17, 15) is 13.5 Å². The lowest BCUT2D eigenvalue weighted by Crippen LogP contribution is -2.54. The van der Waals surface area contributed by atoms with Crippen LogP contribution in [0.3, 0.4) is 0 Å². The first-order valence-corrected chi connectivity index (χ1v) is 9.65. The number of nitrogens with one attached hydrogen (secondary N) is 1. The SMILES string of the molecule is CCCNC1CCN(C2CS(=O)(=O)CC2O)CC1CC. The molecule has 2 fully saturated rings. The third kappa shape index (κ3) is 3.72. The number of hydrogen-bond donors (Lipinski definition) is 2. The lowest BCUT2D eigenvalue weighted by molar-refractivity contribution is 0.0409. The zero-order valence-electron chi connectivity index (χ0n) is 12.6. The predicted octanol–water partition coefficient (Wildman–Crippen LogP) is 0.244. The van der Waals surface area contributed by atoms with Crippen molar-refractivity contribution >= 4 is 9.84 Å². The van der Waals surface area contributed by atoms with Gasteiger partial charge >= 0.3 is 0 Å². The number of likely N-dealkylation sites (tertiary alicyclic amines) is 1. The van der Waals surface area contributed by atoms with E-state index in [-0.39, 0.29) is 17.5 Å². The monoisotopic (exact) mass is 304 g/mol. The van der Waals surface area contributed by atoms with E-state index >= 15 is 0 Å². The lowest BCUT2D eigenvalue weighted by Gasteiger charge is -2.42. The van der Waals surface area contributed by atoms with Gasteiger partial charge in [0.15, 0.2) is 9.84 Å². The molecule has 0 aromatic heterocycles. The third-order valence-corrected chi connectivity index (χ3v) is 6.41. The molecule has 0 radical (unpaired) electrons. The van der Waals surface area contributed by atoms with Gasteiger partial charge < -0.3 is 10.4 Å². The number of sulfone groups is 1. The molecule has 0 aromatic rings. The van der Waals surface area contributed by atoms with Crippen molar-refractivity contribution in [2.24, 2.45) is 5.92 Å². The van der Waals surface area contributed by atoms with E-state index in [1.54, 1.807) is 0 Å². The van der Waals surface area contributed by atoms with Gasteiger partial charge in [-0.1, -0.05) is 20.3 Å². The van der Waals surface area contributed by atoms with Crippen LogP contribution in [-0.4, -0.2) is 67.8 Å². The van der Waals surface area contributed by atoms with E-state index in [0.29, 0.717) is 12.0 Å². The molecule has 118 valence electrons. The number of aliphatic hydroxyl groups excluding tert-OH is 1. The molecule has 0 bridgehead atoms. The quantitative estimate of drug-likeness (QED) is 0.762. The highest BCUT2D eigenvalue weighted by Crippen LogP contribution is 2.26. The standard InChI is InChI=1S/C14H28N2O3S/c1-3-6-15-12-5-7-16(8-11(12)4-2)13-9-20(18,19)10-14(13)17/h11-15,17H,3-10H2,1-2H3. The molecular weight excluding hydrogens is 276 g/mol. The molecule has 4 atom stereocenters. The molecule has 0 aromatic carbocycles. The van der Waals surface area contributed by atoms with E-state index in [1.165, 1.54) is 0 Å². The van der Waals surface area contributed by atoms with Crippen LogP contribution in [0.1, 0.15) is 33.1 Å². The highest BCUT2D eigenvalue weighted by molar-refractivity contribution is 7.91. The van der Waals surface area contributed by atoms with Gasteiger partial charge in [-0.25, -0.2) is 8.42 Å². The zero-order chi connectivity index (χ0) is 14.8. The van der Waals surface area contributed by atoms with Crippen LogP contribution in [0.5, 0.6) is 0 Å². The maximum Gasteiger partial charge on any atom is 0.154 e. The Morgan fingerprint density at radius 2 is 2.05 bits per heavy atom. The number of hydrogen-bond acceptors (Lipinski definition) is 5. The molecule has 0 aliphatic carbocycles. The van der Waals surface area contributed by atoms with Crippen molar-refractivity contribution in [2.45, 2.75) is 51.3 Å². The van der Waals surface area contributed by atoms with Crippen molar-refractivity contribution in [1.29, 1.82) is 0 Å². The maximum absolute atomic E-state index is 11.7. The minimum absolute atomic E-state index is 0.0670. The largest absolute Gasteiger partial charge is 0.390 e. The number of rotatable bonds is 5. The Balaban J connectivity index is 1.96. The van der Waals surface area contributed by atoms with Crippen molar-refractivity contribution in [1.82, 2.24) is 10.2 Å². The molecule has 2 heterocycles. The summed E-state index contributed by atoms with van der Waals surface area (Å²) in [5.41, 5.74) is 0. The van der Waals surface area contributed by atoms with Crippen molar-refractivity contribution < 1.29 is 13.5 Å². The zero-order valence-corrected chi connectivity index (χ0v) is 13.4. The van der Waals surface area contributed by atoms with Crippen LogP contribution in [0.15, 0.2) is 0 Å². The molecule has 2 rings (SSSR count). The molecule has 4 unspecified atom stereocenters. The smallest absolute Gasteiger partial charge is 0.154 e. The summed E-state index contributed by atoms with van der Waals surface area (Å²) in [7, 11) is -3.05. The number of aliphatic hydroxyl groups is 1. The first-order chi connectivity index (χ1) is 9.46. The van der Waals surface area contributed by atoms with E-state index in [0.717, 1.165) is 38.9 Å². The molecule has 2 saturated heterocycles. The minimum Gasteiger partial charge on any atom is -0.390 e. The first-order valence-electron chi connectivity index (χ1n) is 7.82. The summed E-state index contributed by atoms with van der Waals surface area (Å²) in [4.78, 5) is 2.20. The summed E-state index contributed by atoms with van der Waals surface area (Å²) >= 11 is 0. The van der Waals surface area contributed by atoms with E-state index in [4.69, 9.17) is 0 Å². The number of nitrogens with zero attached hydrogens (tertiary/aromatic N) is 1. The Morgan fingerprint density at radius 1 is 1.30 bits per heavy atom. The summed E-state index contributed by atoms with van der Waals surface area (Å²) in [6.45, 7) is 7.19. The van der Waals surface area contributed by atoms with Crippen LogP contribution in [0.4, 0.5) is 0 Å². The van der Waals surface area contributed by atoms with Crippen LogP contribution in [0, 0.1) is 5.92 Å². The molecule has 0 amide bonds. The molecular formula is C14H28N2O3S. The summed E-state index contributed by atoms with van der Waals surface area (Å²) in [5, 5.41) is 13.6. The molecule has 0 saturated carbocycles. The van der Waals surface area contributed by atoms with Gasteiger partial charge in [0, 0.05) is 19.1 Å². The highest BCUT2D eigenvalue weighted by Gasteiger charge is 2.42. The summed E-state index contributed by atoms with van der Waals surface area (Å²) in [6, 6.07) is 0.340. The van der Waals surface area contributed by atoms with E-state index < -0.39 is 15.9 Å². The third-order valence-electron chi connectivity index (χ3n) is 4.71. The molecule has 2 N–H and O–H groups in total. The fourth-order valence-corrected chi connectivity index (χ4v) is 5.36. The van der Waals surface area contributed by atoms with Gasteiger partial charge in [0.05, 0.1) is 23.7 Å². The Kier molecular flexibility index (Phi) is 5.45. The second-order valence-corrected chi connectivity index (χ2v) is 8.38. The van der Waals surface area contributed by atoms with Crippen LogP contribution in [-0.2, 0) is 9.84 Å². The Hall–Kier alpha value is -0.170. The second-order valence-electron chi connectivity index (χ2n) is 6.22. The molecule has 6 heteroatoms. The first kappa shape index (κ1) is 16.2. The average molecular weight is 304 g/mol. The van der Waals surface area contributed by atoms with E-state index in [1.807, 2.05) is 0 Å². The van der Waals surface area contributed by atoms with Crippen LogP contribution in [0.25, 0.3) is 0 Å². The van der Waals surface area contributed by atoms with Crippen molar-refractivity contribution in [3.63, 3.8) is 0 Å². The van der Waals surface area contributed by atoms with Crippen molar-refractivity contribution in [3.8, 4) is 0 Å². The Bertz CT molecular complexity index is 413. The average Bonchev–Trinajstić information content (AvgIpc) is 2.69. The summed E-state index contributed by atoms with van der Waals surface area (Å²) in [5.74, 6) is 0.603. The topological polar surface area (TPSA) is 69.6 Å². The van der Waals surface area contributed by atoms with Gasteiger partial charge in [-0.15, -0.1) is 0 Å². The van der Waals surface area contributed by atoms with Crippen LogP contribution < -0.4 is 5.32 Å². The molecule has 2 aliphatic rings. The van der Waals surface area contributed by atoms with Crippen LogP contribution in [0.2, 0.25) is 0 Å². The van der Waals surface area contributed by atoms with Crippen molar-refractivity contribution in [3.05, 3.63) is 0 Å². The van der Waals surface area contributed by atoms with Crippen molar-refractivity contribution in [2.75, 3.05) is 31.1 Å². The normalized spacial score (nSPS) is 38.1. The summed E-state index contributed by atoms with van der Waals surface area (Å²) in [6.07, 6.45) is 2.56. The van der Waals surface area contributed by atoms with Gasteiger partial charge in [-0.05, 0) is 25.3 Å². The lowest BCUT2D eigenvalue weighted by atomic mass is 9.88. The molecule has 20 heavy (non-hydrogen) atoms. The fraction of sp³-hybridized carbons (Fsp3) is 1.00. The van der Waals surface area contributed by atoms with Crippen LogP contribution >= 0.6 is 0 Å². The number of piperidine rings is 1. The van der Waals surface area contributed by atoms with Gasteiger partial charge in [-0.2, -0.15) is 0 Å². The highest BCUT2D eigenvalue weighted by atomic mass is 32.2. The summed E-state index contributed by atoms with van der Waals surface area (Å²) < 4.78 is 23.3. The predicted molar refractivity (Wildman–Crippen MR) is 80.5 cm³/mol. The Morgan fingerprint density at radius 3 is 2.60 bits per heavy atom. The Labute approximate surface area is 122 Å². The van der Waals surface area contributed by atoms with Gasteiger partial charge in [-0.3, -0.25) is 4.90 Å². The minimum atomic E-state index is -3.05. The molecule has 5 nitrogen and oxygen atoms in total. The van der Waals surface area contributed by atoms with Gasteiger partial charge in [0.2, 0.25) is 0 Å². The second kappa shape index (κ2) is 6.73. The molecule has 0 spiro atoms. The maximum atomic E-state index is 11.7.